The van der Waals surface area contributed by atoms with Gasteiger partial charge >= 0.3 is 15.6 Å². The van der Waals surface area contributed by atoms with Crippen molar-refractivity contribution in [2.45, 2.75) is 25.3 Å². The summed E-state index contributed by atoms with van der Waals surface area (Å²) in [5, 5.41) is 0. The van der Waals surface area contributed by atoms with Gasteiger partial charge in [0.05, 0.1) is 18.1 Å². The van der Waals surface area contributed by atoms with Crippen molar-refractivity contribution < 1.29 is 25.8 Å². The standard InChI is InChI=1S/C25H29F3N4O3S/c1-3-32(17-16-31(2)15-14-20-8-6-4-5-7-9-20)22-18-29-24(30-19-22)21-10-12-23(13-11-21)35-36(33,34)25(26,27)28/h4-6,8-13,18-19H,3,7,14-17H2,1-2H3. The molecule has 1 aromatic heterocycles. The Morgan fingerprint density at radius 2 is 1.72 bits per heavy atom. The third kappa shape index (κ3) is 7.66. The van der Waals surface area contributed by atoms with Crippen molar-refractivity contribution in [2.24, 2.45) is 0 Å². The molecule has 2 aromatic rings. The predicted molar refractivity (Wildman–Crippen MR) is 134 cm³/mol. The van der Waals surface area contributed by atoms with E-state index < -0.39 is 21.4 Å². The number of halogens is 3. The van der Waals surface area contributed by atoms with Gasteiger partial charge in [0, 0.05) is 31.7 Å². The highest BCUT2D eigenvalue weighted by molar-refractivity contribution is 7.88. The highest BCUT2D eigenvalue weighted by atomic mass is 32.2. The molecule has 0 aliphatic heterocycles. The van der Waals surface area contributed by atoms with E-state index in [1.807, 2.05) is 0 Å². The molecular weight excluding hydrogens is 493 g/mol. The highest BCUT2D eigenvalue weighted by Crippen LogP contribution is 2.28. The number of hydrogen-bond acceptors (Lipinski definition) is 7. The van der Waals surface area contributed by atoms with Crippen LogP contribution in [0.25, 0.3) is 11.4 Å². The van der Waals surface area contributed by atoms with E-state index in [4.69, 9.17) is 0 Å². The monoisotopic (exact) mass is 522 g/mol. The molecule has 1 aliphatic carbocycles. The molecule has 7 nitrogen and oxygen atoms in total. The molecular formula is C25H29F3N4O3S. The maximum atomic E-state index is 12.5. The first-order valence-corrected chi connectivity index (χ1v) is 12.9. The lowest BCUT2D eigenvalue weighted by molar-refractivity contribution is -0.0500. The zero-order chi connectivity index (χ0) is 26.2. The zero-order valence-electron chi connectivity index (χ0n) is 20.1. The van der Waals surface area contributed by atoms with Gasteiger partial charge in [-0.3, -0.25) is 0 Å². The molecule has 0 fully saturated rings. The minimum atomic E-state index is -5.72. The molecule has 11 heteroatoms. The van der Waals surface area contributed by atoms with E-state index >= 15 is 0 Å². The fraction of sp³-hybridized carbons (Fsp3) is 0.360. The Bertz CT molecular complexity index is 1190. The van der Waals surface area contributed by atoms with Crippen LogP contribution in [-0.4, -0.2) is 62.0 Å². The zero-order valence-corrected chi connectivity index (χ0v) is 21.0. The van der Waals surface area contributed by atoms with E-state index in [1.165, 1.54) is 17.7 Å². The molecule has 1 aliphatic rings. The van der Waals surface area contributed by atoms with Gasteiger partial charge in [-0.1, -0.05) is 36.0 Å². The molecule has 0 saturated heterocycles. The number of anilines is 1. The van der Waals surface area contributed by atoms with E-state index in [-0.39, 0.29) is 0 Å². The van der Waals surface area contributed by atoms with Crippen LogP contribution in [0.15, 0.2) is 72.6 Å². The van der Waals surface area contributed by atoms with Crippen LogP contribution in [0.4, 0.5) is 18.9 Å². The number of aromatic nitrogens is 2. The van der Waals surface area contributed by atoms with Crippen LogP contribution >= 0.6 is 0 Å². The number of alkyl halides is 3. The lowest BCUT2D eigenvalue weighted by Crippen LogP contribution is -2.33. The fourth-order valence-electron chi connectivity index (χ4n) is 3.47. The molecule has 0 N–H and O–H groups in total. The first kappa shape index (κ1) is 27.4. The molecule has 0 bridgehead atoms. The first-order valence-electron chi connectivity index (χ1n) is 11.5. The quantitative estimate of drug-likeness (QED) is 0.305. The van der Waals surface area contributed by atoms with Gasteiger partial charge in [0.15, 0.2) is 5.82 Å². The molecule has 194 valence electrons. The molecule has 0 spiro atoms. The van der Waals surface area contributed by atoms with Crippen LogP contribution in [-0.2, 0) is 10.1 Å². The van der Waals surface area contributed by atoms with Gasteiger partial charge < -0.3 is 14.0 Å². The van der Waals surface area contributed by atoms with Gasteiger partial charge in [0.2, 0.25) is 0 Å². The number of allylic oxidation sites excluding steroid dienone is 5. The van der Waals surface area contributed by atoms with Gasteiger partial charge in [0.1, 0.15) is 5.75 Å². The smallest absolute Gasteiger partial charge is 0.376 e. The van der Waals surface area contributed by atoms with Crippen molar-refractivity contribution in [1.29, 1.82) is 0 Å². The second-order valence-corrected chi connectivity index (χ2v) is 9.75. The number of likely N-dealkylation sites (N-methyl/N-ethyl adjacent to an activating group) is 2. The topological polar surface area (TPSA) is 75.6 Å². The number of hydrogen-bond donors (Lipinski definition) is 0. The summed E-state index contributed by atoms with van der Waals surface area (Å²) in [4.78, 5) is 13.2. The normalized spacial score (nSPS) is 14.0. The molecule has 0 saturated carbocycles. The summed E-state index contributed by atoms with van der Waals surface area (Å²) >= 11 is 0. The van der Waals surface area contributed by atoms with Crippen molar-refractivity contribution in [3.63, 3.8) is 0 Å². The highest BCUT2D eigenvalue weighted by Gasteiger charge is 2.48. The van der Waals surface area contributed by atoms with Gasteiger partial charge in [-0.05, 0) is 51.1 Å². The van der Waals surface area contributed by atoms with E-state index in [2.05, 4.69) is 68.3 Å². The Hall–Kier alpha value is -3.18. The van der Waals surface area contributed by atoms with E-state index in [9.17, 15) is 21.6 Å². The SMILES string of the molecule is CCN(CCN(C)CCC1=CCC=CC=C1)c1cnc(-c2ccc(OS(=O)(=O)C(F)(F)F)cc2)nc1. The Morgan fingerprint density at radius 3 is 2.36 bits per heavy atom. The molecule has 1 heterocycles. The van der Waals surface area contributed by atoms with Gasteiger partial charge in [-0.15, -0.1) is 0 Å². The second-order valence-electron chi connectivity index (χ2n) is 8.21. The first-order chi connectivity index (χ1) is 17.1. The van der Waals surface area contributed by atoms with E-state index in [1.54, 1.807) is 12.4 Å². The van der Waals surface area contributed by atoms with Gasteiger partial charge in [-0.25, -0.2) is 9.97 Å². The number of nitrogens with zero attached hydrogens (tertiary/aromatic N) is 4. The van der Waals surface area contributed by atoms with Gasteiger partial charge in [0.25, 0.3) is 0 Å². The third-order valence-electron chi connectivity index (χ3n) is 5.59. The van der Waals surface area contributed by atoms with Crippen LogP contribution in [0.5, 0.6) is 5.75 Å². The summed E-state index contributed by atoms with van der Waals surface area (Å²) in [5.41, 5.74) is -2.79. The average Bonchev–Trinajstić information content (AvgIpc) is 3.12. The summed E-state index contributed by atoms with van der Waals surface area (Å²) in [6, 6.07) is 5.05. The second kappa shape index (κ2) is 12.2. The van der Waals surface area contributed by atoms with Crippen molar-refractivity contribution in [2.75, 3.05) is 38.1 Å². The summed E-state index contributed by atoms with van der Waals surface area (Å²) in [5.74, 6) is -0.0895. The molecule has 0 radical (unpaired) electrons. The van der Waals surface area contributed by atoms with Crippen LogP contribution in [0.1, 0.15) is 19.8 Å². The molecule has 0 atom stereocenters. The summed E-state index contributed by atoms with van der Waals surface area (Å²) in [6.45, 7) is 5.44. The van der Waals surface area contributed by atoms with Crippen molar-refractivity contribution in [1.82, 2.24) is 14.9 Å². The van der Waals surface area contributed by atoms with Gasteiger partial charge in [-0.2, -0.15) is 21.6 Å². The van der Waals surface area contributed by atoms with Crippen LogP contribution in [0, 0.1) is 0 Å². The summed E-state index contributed by atoms with van der Waals surface area (Å²) < 4.78 is 63.8. The average molecular weight is 523 g/mol. The maximum Gasteiger partial charge on any atom is 0.534 e. The molecule has 36 heavy (non-hydrogen) atoms. The minimum absolute atomic E-state index is 0.358. The van der Waals surface area contributed by atoms with E-state index in [0.29, 0.717) is 11.4 Å². The van der Waals surface area contributed by atoms with E-state index in [0.717, 1.165) is 56.8 Å². The van der Waals surface area contributed by atoms with Crippen LogP contribution in [0.3, 0.4) is 0 Å². The summed E-state index contributed by atoms with van der Waals surface area (Å²) in [6.07, 6.45) is 16.0. The van der Waals surface area contributed by atoms with Crippen LogP contribution in [0.2, 0.25) is 0 Å². The fourth-order valence-corrected chi connectivity index (χ4v) is 3.93. The van der Waals surface area contributed by atoms with Crippen LogP contribution < -0.4 is 9.08 Å². The lowest BCUT2D eigenvalue weighted by atomic mass is 10.1. The van der Waals surface area contributed by atoms with Crippen molar-refractivity contribution in [3.05, 3.63) is 72.6 Å². The Morgan fingerprint density at radius 1 is 1.03 bits per heavy atom. The summed E-state index contributed by atoms with van der Waals surface area (Å²) in [7, 11) is -3.62. The third-order valence-corrected chi connectivity index (χ3v) is 6.57. The molecule has 3 rings (SSSR count). The predicted octanol–water partition coefficient (Wildman–Crippen LogP) is 4.96. The molecule has 1 aromatic carbocycles. The molecule has 0 unspecified atom stereocenters. The number of benzene rings is 1. The maximum absolute atomic E-state index is 12.5. The lowest BCUT2D eigenvalue weighted by Gasteiger charge is -2.26. The Balaban J connectivity index is 1.55. The Kier molecular flexibility index (Phi) is 9.27. The van der Waals surface area contributed by atoms with Crippen molar-refractivity contribution in [3.8, 4) is 17.1 Å². The minimum Gasteiger partial charge on any atom is -0.376 e. The molecule has 0 amide bonds. The number of rotatable bonds is 11. The Labute approximate surface area is 209 Å². The van der Waals surface area contributed by atoms with Crippen molar-refractivity contribution >= 4 is 15.8 Å². The largest absolute Gasteiger partial charge is 0.534 e.